The molecule has 21 heavy (non-hydrogen) atoms. The van der Waals surface area contributed by atoms with Crippen molar-refractivity contribution in [2.75, 3.05) is 13.1 Å². The molecule has 2 N–H and O–H groups in total. The number of carbonyl (C=O) groups excluding carboxylic acids is 1. The zero-order valence-electron chi connectivity index (χ0n) is 12.2. The van der Waals surface area contributed by atoms with E-state index in [-0.39, 0.29) is 11.9 Å². The van der Waals surface area contributed by atoms with E-state index in [1.165, 1.54) is 16.0 Å². The van der Waals surface area contributed by atoms with Crippen molar-refractivity contribution in [1.29, 1.82) is 0 Å². The predicted molar refractivity (Wildman–Crippen MR) is 86.7 cm³/mol. The number of fused-ring (bicyclic) bond motifs is 1. The van der Waals surface area contributed by atoms with E-state index in [1.807, 2.05) is 23.1 Å². The molecular formula is C17H20N2OS. The number of hydrogen-bond acceptors (Lipinski definition) is 3. The van der Waals surface area contributed by atoms with E-state index in [1.54, 1.807) is 11.3 Å². The summed E-state index contributed by atoms with van der Waals surface area (Å²) >= 11 is 1.60. The molecule has 0 fully saturated rings. The average Bonchev–Trinajstić information content (AvgIpc) is 3.02. The van der Waals surface area contributed by atoms with E-state index < -0.39 is 0 Å². The fourth-order valence-electron chi connectivity index (χ4n) is 2.97. The smallest absolute Gasteiger partial charge is 0.264 e. The fourth-order valence-corrected chi connectivity index (χ4v) is 3.88. The van der Waals surface area contributed by atoms with Crippen LogP contribution in [0.4, 0.5) is 0 Å². The molecule has 0 saturated heterocycles. The van der Waals surface area contributed by atoms with E-state index in [9.17, 15) is 4.79 Å². The first-order valence-corrected chi connectivity index (χ1v) is 8.23. The third-order valence-electron chi connectivity index (χ3n) is 4.12. The topological polar surface area (TPSA) is 46.3 Å². The van der Waals surface area contributed by atoms with E-state index in [0.717, 1.165) is 24.3 Å². The van der Waals surface area contributed by atoms with Crippen molar-refractivity contribution in [2.45, 2.75) is 25.8 Å². The van der Waals surface area contributed by atoms with Crippen LogP contribution < -0.4 is 5.73 Å². The number of benzene rings is 1. The van der Waals surface area contributed by atoms with Crippen LogP contribution in [0.2, 0.25) is 0 Å². The summed E-state index contributed by atoms with van der Waals surface area (Å²) in [6.07, 6.45) is 1.88. The van der Waals surface area contributed by atoms with Gasteiger partial charge in [-0.15, -0.1) is 11.3 Å². The number of amides is 1. The highest BCUT2D eigenvalue weighted by atomic mass is 32.1. The van der Waals surface area contributed by atoms with Gasteiger partial charge in [-0.05, 0) is 36.1 Å². The largest absolute Gasteiger partial charge is 0.329 e. The van der Waals surface area contributed by atoms with Gasteiger partial charge in [0.2, 0.25) is 0 Å². The standard InChI is InChI=1S/C17H20N2OS/c1-2-13-7-8-16(21-13)17(20)19-10-9-12-5-3-4-6-14(12)15(19)11-18/h3-8,15H,2,9-11,18H2,1H3. The molecule has 0 radical (unpaired) electrons. The highest BCUT2D eigenvalue weighted by Gasteiger charge is 2.30. The molecule has 0 spiro atoms. The van der Waals surface area contributed by atoms with Crippen LogP contribution >= 0.6 is 11.3 Å². The molecule has 0 saturated carbocycles. The second kappa shape index (κ2) is 6.00. The van der Waals surface area contributed by atoms with Crippen molar-refractivity contribution in [3.63, 3.8) is 0 Å². The van der Waals surface area contributed by atoms with Gasteiger partial charge in [-0.2, -0.15) is 0 Å². The first-order valence-electron chi connectivity index (χ1n) is 7.42. The van der Waals surface area contributed by atoms with Crippen molar-refractivity contribution in [3.8, 4) is 0 Å². The van der Waals surface area contributed by atoms with E-state index in [4.69, 9.17) is 5.73 Å². The minimum Gasteiger partial charge on any atom is -0.329 e. The minimum absolute atomic E-state index is 0.00498. The van der Waals surface area contributed by atoms with Gasteiger partial charge in [-0.25, -0.2) is 0 Å². The van der Waals surface area contributed by atoms with Gasteiger partial charge in [0.05, 0.1) is 10.9 Å². The average molecular weight is 300 g/mol. The maximum absolute atomic E-state index is 12.8. The summed E-state index contributed by atoms with van der Waals surface area (Å²) in [6.45, 7) is 3.33. The lowest BCUT2D eigenvalue weighted by atomic mass is 9.92. The monoisotopic (exact) mass is 300 g/mol. The Morgan fingerprint density at radius 1 is 1.33 bits per heavy atom. The van der Waals surface area contributed by atoms with Gasteiger partial charge in [-0.3, -0.25) is 4.79 Å². The van der Waals surface area contributed by atoms with Crippen LogP contribution in [0.15, 0.2) is 36.4 Å². The molecule has 1 aliphatic heterocycles. The third kappa shape index (κ3) is 2.61. The molecule has 1 aromatic carbocycles. The lowest BCUT2D eigenvalue weighted by molar-refractivity contribution is 0.0673. The van der Waals surface area contributed by atoms with Crippen LogP contribution in [0.25, 0.3) is 0 Å². The van der Waals surface area contributed by atoms with Crippen molar-refractivity contribution >= 4 is 17.2 Å². The number of carbonyl (C=O) groups is 1. The van der Waals surface area contributed by atoms with Gasteiger partial charge in [-0.1, -0.05) is 31.2 Å². The Balaban J connectivity index is 1.90. The molecule has 1 aromatic heterocycles. The van der Waals surface area contributed by atoms with Gasteiger partial charge < -0.3 is 10.6 Å². The second-order valence-electron chi connectivity index (χ2n) is 5.32. The normalized spacial score (nSPS) is 17.6. The molecule has 0 bridgehead atoms. The molecular weight excluding hydrogens is 280 g/mol. The summed E-state index contributed by atoms with van der Waals surface area (Å²) in [4.78, 5) is 16.8. The summed E-state index contributed by atoms with van der Waals surface area (Å²) in [5, 5.41) is 0. The Labute approximate surface area is 129 Å². The van der Waals surface area contributed by atoms with E-state index in [2.05, 4.69) is 25.1 Å². The zero-order valence-corrected chi connectivity index (χ0v) is 13.0. The van der Waals surface area contributed by atoms with Crippen LogP contribution in [-0.2, 0) is 12.8 Å². The molecule has 1 unspecified atom stereocenters. The van der Waals surface area contributed by atoms with E-state index in [0.29, 0.717) is 6.54 Å². The highest BCUT2D eigenvalue weighted by Crippen LogP contribution is 2.31. The molecule has 3 rings (SSSR count). The quantitative estimate of drug-likeness (QED) is 0.947. The summed E-state index contributed by atoms with van der Waals surface area (Å²) in [7, 11) is 0. The number of nitrogens with zero attached hydrogens (tertiary/aromatic N) is 1. The van der Waals surface area contributed by atoms with Crippen LogP contribution in [-0.4, -0.2) is 23.9 Å². The van der Waals surface area contributed by atoms with Crippen molar-refractivity contribution < 1.29 is 4.79 Å². The molecule has 0 aliphatic carbocycles. The number of thiophene rings is 1. The Morgan fingerprint density at radius 2 is 2.14 bits per heavy atom. The fraction of sp³-hybridized carbons (Fsp3) is 0.353. The molecule has 2 heterocycles. The maximum atomic E-state index is 12.8. The summed E-state index contributed by atoms with van der Waals surface area (Å²) < 4.78 is 0. The highest BCUT2D eigenvalue weighted by molar-refractivity contribution is 7.14. The van der Waals surface area contributed by atoms with Crippen LogP contribution in [0.5, 0.6) is 0 Å². The van der Waals surface area contributed by atoms with Crippen LogP contribution in [0, 0.1) is 0 Å². The Hall–Kier alpha value is -1.65. The van der Waals surface area contributed by atoms with Gasteiger partial charge in [0.1, 0.15) is 0 Å². The van der Waals surface area contributed by atoms with Crippen molar-refractivity contribution in [3.05, 3.63) is 57.3 Å². The summed E-state index contributed by atoms with van der Waals surface area (Å²) in [5.41, 5.74) is 8.48. The van der Waals surface area contributed by atoms with Crippen molar-refractivity contribution in [2.24, 2.45) is 5.73 Å². The van der Waals surface area contributed by atoms with Gasteiger partial charge in [0.15, 0.2) is 0 Å². The van der Waals surface area contributed by atoms with Crippen LogP contribution in [0.3, 0.4) is 0 Å². The predicted octanol–water partition coefficient (Wildman–Crippen LogP) is 3.01. The summed E-state index contributed by atoms with van der Waals surface area (Å²) in [6, 6.07) is 12.3. The lowest BCUT2D eigenvalue weighted by Gasteiger charge is -2.36. The Kier molecular flexibility index (Phi) is 4.08. The first kappa shape index (κ1) is 14.3. The maximum Gasteiger partial charge on any atom is 0.264 e. The molecule has 3 nitrogen and oxygen atoms in total. The van der Waals surface area contributed by atoms with Gasteiger partial charge in [0, 0.05) is 18.0 Å². The Bertz CT molecular complexity index is 650. The number of hydrogen-bond donors (Lipinski definition) is 1. The number of nitrogens with two attached hydrogens (primary N) is 1. The molecule has 110 valence electrons. The van der Waals surface area contributed by atoms with Crippen molar-refractivity contribution in [1.82, 2.24) is 4.90 Å². The SMILES string of the molecule is CCc1ccc(C(=O)N2CCc3ccccc3C2CN)s1. The molecule has 2 aromatic rings. The summed E-state index contributed by atoms with van der Waals surface area (Å²) in [5.74, 6) is 0.115. The zero-order chi connectivity index (χ0) is 14.8. The molecule has 1 aliphatic rings. The van der Waals surface area contributed by atoms with Gasteiger partial charge >= 0.3 is 0 Å². The Morgan fingerprint density at radius 3 is 2.86 bits per heavy atom. The van der Waals surface area contributed by atoms with E-state index >= 15 is 0 Å². The number of aryl methyl sites for hydroxylation is 1. The molecule has 1 amide bonds. The minimum atomic E-state index is -0.00498. The number of rotatable bonds is 3. The second-order valence-corrected chi connectivity index (χ2v) is 6.49. The third-order valence-corrected chi connectivity index (χ3v) is 5.33. The molecule has 1 atom stereocenters. The lowest BCUT2D eigenvalue weighted by Crippen LogP contribution is -2.42. The van der Waals surface area contributed by atoms with Gasteiger partial charge in [0.25, 0.3) is 5.91 Å². The first-order chi connectivity index (χ1) is 10.2. The van der Waals surface area contributed by atoms with Crippen LogP contribution in [0.1, 0.15) is 38.6 Å². The molecule has 4 heteroatoms.